The van der Waals surface area contributed by atoms with Crippen molar-refractivity contribution in [2.24, 2.45) is 0 Å². The summed E-state index contributed by atoms with van der Waals surface area (Å²) >= 11 is 18.3. The van der Waals surface area contributed by atoms with Gasteiger partial charge in [0.2, 0.25) is 0 Å². The Morgan fingerprint density at radius 3 is 2.21 bits per heavy atom. The summed E-state index contributed by atoms with van der Waals surface area (Å²) in [7, 11) is 1.91. The molecule has 0 aromatic heterocycles. The van der Waals surface area contributed by atoms with Gasteiger partial charge in [-0.2, -0.15) is 0 Å². The highest BCUT2D eigenvalue weighted by molar-refractivity contribution is 6.34. The summed E-state index contributed by atoms with van der Waals surface area (Å²) in [6.45, 7) is 0. The van der Waals surface area contributed by atoms with Gasteiger partial charge in [0.1, 0.15) is 0 Å². The molecule has 0 aliphatic rings. The molecule has 2 aromatic rings. The van der Waals surface area contributed by atoms with Crippen molar-refractivity contribution in [2.45, 2.75) is 12.5 Å². The van der Waals surface area contributed by atoms with E-state index in [0.29, 0.717) is 10.0 Å². The first kappa shape index (κ1) is 14.7. The first-order valence-corrected chi connectivity index (χ1v) is 7.10. The highest BCUT2D eigenvalue weighted by atomic mass is 35.5. The van der Waals surface area contributed by atoms with E-state index in [1.54, 1.807) is 6.07 Å². The van der Waals surface area contributed by atoms with Crippen molar-refractivity contribution >= 4 is 34.8 Å². The molecule has 4 heteroatoms. The van der Waals surface area contributed by atoms with Gasteiger partial charge in [-0.1, -0.05) is 53.0 Å². The zero-order valence-electron chi connectivity index (χ0n) is 10.5. The summed E-state index contributed by atoms with van der Waals surface area (Å²) in [5.74, 6) is 0. The maximum atomic E-state index is 6.20. The van der Waals surface area contributed by atoms with Crippen LogP contribution < -0.4 is 5.32 Å². The lowest BCUT2D eigenvalue weighted by Gasteiger charge is -2.18. The van der Waals surface area contributed by atoms with Gasteiger partial charge in [-0.15, -0.1) is 0 Å². The molecule has 0 amide bonds. The van der Waals surface area contributed by atoms with E-state index < -0.39 is 0 Å². The Morgan fingerprint density at radius 2 is 1.63 bits per heavy atom. The Labute approximate surface area is 128 Å². The first-order chi connectivity index (χ1) is 9.10. The molecule has 2 aromatic carbocycles. The van der Waals surface area contributed by atoms with Gasteiger partial charge in [-0.3, -0.25) is 0 Å². The largest absolute Gasteiger partial charge is 0.313 e. The highest BCUT2D eigenvalue weighted by Crippen LogP contribution is 2.27. The molecule has 0 spiro atoms. The molecule has 0 saturated heterocycles. The molecule has 1 unspecified atom stereocenters. The van der Waals surface area contributed by atoms with E-state index in [9.17, 15) is 0 Å². The minimum Gasteiger partial charge on any atom is -0.313 e. The summed E-state index contributed by atoms with van der Waals surface area (Å²) in [6.07, 6.45) is 0.785. The number of nitrogens with one attached hydrogen (secondary N) is 1. The minimum atomic E-state index is 0.121. The molecule has 0 heterocycles. The van der Waals surface area contributed by atoms with Crippen LogP contribution in [0.4, 0.5) is 0 Å². The molecule has 0 aliphatic carbocycles. The van der Waals surface area contributed by atoms with Gasteiger partial charge >= 0.3 is 0 Å². The van der Waals surface area contributed by atoms with Gasteiger partial charge in [0, 0.05) is 21.1 Å². The molecule has 2 rings (SSSR count). The van der Waals surface area contributed by atoms with Crippen LogP contribution in [0.1, 0.15) is 17.2 Å². The lowest BCUT2D eigenvalue weighted by atomic mass is 9.99. The molecule has 0 fully saturated rings. The van der Waals surface area contributed by atoms with Gasteiger partial charge in [0.25, 0.3) is 0 Å². The molecule has 0 bridgehead atoms. The Morgan fingerprint density at radius 1 is 1.00 bits per heavy atom. The summed E-state index contributed by atoms with van der Waals surface area (Å²) in [4.78, 5) is 0. The van der Waals surface area contributed by atoms with Crippen molar-refractivity contribution in [2.75, 3.05) is 7.05 Å². The third-order valence-corrected chi connectivity index (χ3v) is 3.82. The predicted octanol–water partition coefficient (Wildman–Crippen LogP) is 5.15. The fourth-order valence-corrected chi connectivity index (χ4v) is 2.80. The average molecular weight is 315 g/mol. The zero-order valence-corrected chi connectivity index (χ0v) is 12.7. The van der Waals surface area contributed by atoms with Crippen LogP contribution in [0.5, 0.6) is 0 Å². The Hall–Kier alpha value is -0.730. The molecule has 0 saturated carbocycles. The fourth-order valence-electron chi connectivity index (χ4n) is 2.05. The van der Waals surface area contributed by atoms with Crippen LogP contribution in [0, 0.1) is 0 Å². The van der Waals surface area contributed by atoms with Crippen molar-refractivity contribution < 1.29 is 0 Å². The Kier molecular flexibility index (Phi) is 5.12. The SMILES string of the molecule is CNC(Cc1ccccc1Cl)c1cc(Cl)cc(Cl)c1. The van der Waals surface area contributed by atoms with Crippen LogP contribution in [0.2, 0.25) is 15.1 Å². The van der Waals surface area contributed by atoms with E-state index in [1.165, 1.54) is 0 Å². The van der Waals surface area contributed by atoms with Crippen molar-refractivity contribution in [1.82, 2.24) is 5.32 Å². The third-order valence-electron chi connectivity index (χ3n) is 3.02. The van der Waals surface area contributed by atoms with Crippen molar-refractivity contribution in [3.05, 3.63) is 68.7 Å². The minimum absolute atomic E-state index is 0.121. The summed E-state index contributed by atoms with van der Waals surface area (Å²) in [5, 5.41) is 5.33. The summed E-state index contributed by atoms with van der Waals surface area (Å²) in [5.41, 5.74) is 2.15. The number of halogens is 3. The summed E-state index contributed by atoms with van der Waals surface area (Å²) < 4.78 is 0. The topological polar surface area (TPSA) is 12.0 Å². The van der Waals surface area contributed by atoms with E-state index in [1.807, 2.05) is 43.4 Å². The van der Waals surface area contributed by atoms with E-state index in [0.717, 1.165) is 22.6 Å². The molecule has 1 N–H and O–H groups in total. The summed E-state index contributed by atoms with van der Waals surface area (Å²) in [6, 6.07) is 13.5. The van der Waals surface area contributed by atoms with Crippen LogP contribution in [0.25, 0.3) is 0 Å². The smallest absolute Gasteiger partial charge is 0.0438 e. The molecule has 1 atom stereocenters. The van der Waals surface area contributed by atoms with Crippen molar-refractivity contribution in [3.8, 4) is 0 Å². The number of hydrogen-bond donors (Lipinski definition) is 1. The van der Waals surface area contributed by atoms with E-state index >= 15 is 0 Å². The number of hydrogen-bond acceptors (Lipinski definition) is 1. The lowest BCUT2D eigenvalue weighted by molar-refractivity contribution is 0.592. The quantitative estimate of drug-likeness (QED) is 0.823. The molecule has 100 valence electrons. The monoisotopic (exact) mass is 313 g/mol. The molecule has 19 heavy (non-hydrogen) atoms. The molecule has 1 nitrogen and oxygen atoms in total. The fraction of sp³-hybridized carbons (Fsp3) is 0.200. The van der Waals surface area contributed by atoms with Gasteiger partial charge < -0.3 is 5.32 Å². The second kappa shape index (κ2) is 6.62. The number of rotatable bonds is 4. The Balaban J connectivity index is 2.28. The van der Waals surface area contributed by atoms with Gasteiger partial charge in [0.05, 0.1) is 0 Å². The van der Waals surface area contributed by atoms with Crippen LogP contribution in [0.15, 0.2) is 42.5 Å². The maximum Gasteiger partial charge on any atom is 0.0438 e. The van der Waals surface area contributed by atoms with Gasteiger partial charge in [0.15, 0.2) is 0 Å². The van der Waals surface area contributed by atoms with E-state index in [-0.39, 0.29) is 6.04 Å². The molecular weight excluding hydrogens is 301 g/mol. The van der Waals surface area contributed by atoms with Crippen molar-refractivity contribution in [1.29, 1.82) is 0 Å². The van der Waals surface area contributed by atoms with Crippen LogP contribution in [-0.2, 0) is 6.42 Å². The van der Waals surface area contributed by atoms with Crippen LogP contribution >= 0.6 is 34.8 Å². The number of benzene rings is 2. The first-order valence-electron chi connectivity index (χ1n) is 5.97. The highest BCUT2D eigenvalue weighted by Gasteiger charge is 2.13. The third kappa shape index (κ3) is 3.87. The second-order valence-corrected chi connectivity index (χ2v) is 5.62. The standard InChI is InChI=1S/C15H14Cl3N/c1-19-15(8-10-4-2-3-5-14(10)18)11-6-12(16)9-13(17)7-11/h2-7,9,15,19H,8H2,1H3. The predicted molar refractivity (Wildman–Crippen MR) is 83.4 cm³/mol. The molecular formula is C15H14Cl3N. The number of likely N-dealkylation sites (N-methyl/N-ethyl adjacent to an activating group) is 1. The molecule has 0 radical (unpaired) electrons. The van der Waals surface area contributed by atoms with E-state index in [4.69, 9.17) is 34.8 Å². The average Bonchev–Trinajstić information content (AvgIpc) is 2.36. The van der Waals surface area contributed by atoms with Crippen LogP contribution in [-0.4, -0.2) is 7.05 Å². The van der Waals surface area contributed by atoms with Crippen molar-refractivity contribution in [3.63, 3.8) is 0 Å². The normalized spacial score (nSPS) is 12.4. The lowest BCUT2D eigenvalue weighted by Crippen LogP contribution is -2.19. The van der Waals surface area contributed by atoms with Crippen LogP contribution in [0.3, 0.4) is 0 Å². The van der Waals surface area contributed by atoms with Gasteiger partial charge in [-0.25, -0.2) is 0 Å². The Bertz CT molecular complexity index is 549. The maximum absolute atomic E-state index is 6.20. The van der Waals surface area contributed by atoms with E-state index in [2.05, 4.69) is 5.32 Å². The molecule has 0 aliphatic heterocycles. The second-order valence-electron chi connectivity index (χ2n) is 4.34. The van der Waals surface area contributed by atoms with Gasteiger partial charge in [-0.05, 0) is 48.9 Å². The zero-order chi connectivity index (χ0) is 13.8.